The summed E-state index contributed by atoms with van der Waals surface area (Å²) >= 11 is 0. The van der Waals surface area contributed by atoms with Crippen molar-refractivity contribution >= 4 is 11.6 Å². The van der Waals surface area contributed by atoms with Crippen LogP contribution in [0.2, 0.25) is 0 Å². The van der Waals surface area contributed by atoms with E-state index < -0.39 is 0 Å². The van der Waals surface area contributed by atoms with E-state index in [-0.39, 0.29) is 11.3 Å². The summed E-state index contributed by atoms with van der Waals surface area (Å²) in [5.41, 5.74) is 7.35. The molecule has 0 atom stereocenters. The average molecular weight is 260 g/mol. The number of nitrogens with zero attached hydrogens (tertiary/aromatic N) is 1. The summed E-state index contributed by atoms with van der Waals surface area (Å²) < 4.78 is 0. The second-order valence-electron chi connectivity index (χ2n) is 6.14. The third-order valence-corrected chi connectivity index (χ3v) is 4.04. The Kier molecular flexibility index (Phi) is 3.83. The van der Waals surface area contributed by atoms with Gasteiger partial charge in [0.15, 0.2) is 0 Å². The molecule has 0 aliphatic heterocycles. The van der Waals surface area contributed by atoms with Gasteiger partial charge in [-0.25, -0.2) is 0 Å². The Balaban J connectivity index is 2.13. The lowest BCUT2D eigenvalue weighted by molar-refractivity contribution is -0.141. The van der Waals surface area contributed by atoms with Gasteiger partial charge in [0.2, 0.25) is 5.91 Å². The summed E-state index contributed by atoms with van der Waals surface area (Å²) in [6.45, 7) is 6.85. The van der Waals surface area contributed by atoms with Crippen molar-refractivity contribution in [3.05, 3.63) is 29.8 Å². The zero-order valence-corrected chi connectivity index (χ0v) is 12.1. The molecular formula is C16H24N2O. The highest BCUT2D eigenvalue weighted by Gasteiger charge is 2.38. The van der Waals surface area contributed by atoms with Gasteiger partial charge in [-0.3, -0.25) is 4.79 Å². The molecule has 0 spiro atoms. The van der Waals surface area contributed by atoms with Crippen molar-refractivity contribution < 1.29 is 4.79 Å². The van der Waals surface area contributed by atoms with Crippen LogP contribution in [0.4, 0.5) is 5.69 Å². The monoisotopic (exact) mass is 260 g/mol. The van der Waals surface area contributed by atoms with E-state index >= 15 is 0 Å². The van der Waals surface area contributed by atoms with Crippen molar-refractivity contribution in [1.29, 1.82) is 0 Å². The molecule has 1 aliphatic rings. The van der Waals surface area contributed by atoms with Crippen LogP contribution in [0.25, 0.3) is 0 Å². The number of carbonyl (C=O) groups excluding carboxylic acids is 1. The Bertz CT molecular complexity index is 446. The maximum atomic E-state index is 12.7. The molecular weight excluding hydrogens is 236 g/mol. The topological polar surface area (TPSA) is 46.3 Å². The first-order valence-electron chi connectivity index (χ1n) is 7.09. The number of rotatable bonds is 5. The lowest BCUT2D eigenvalue weighted by Crippen LogP contribution is -2.41. The van der Waals surface area contributed by atoms with Crippen LogP contribution >= 0.6 is 0 Å². The van der Waals surface area contributed by atoms with Gasteiger partial charge in [0.1, 0.15) is 0 Å². The van der Waals surface area contributed by atoms with E-state index in [2.05, 4.69) is 11.8 Å². The van der Waals surface area contributed by atoms with Crippen LogP contribution in [-0.2, 0) is 11.3 Å². The van der Waals surface area contributed by atoms with E-state index in [1.165, 1.54) is 0 Å². The van der Waals surface area contributed by atoms with E-state index in [0.717, 1.165) is 30.5 Å². The quantitative estimate of drug-likeness (QED) is 0.826. The van der Waals surface area contributed by atoms with Crippen LogP contribution in [0.1, 0.15) is 45.6 Å². The summed E-state index contributed by atoms with van der Waals surface area (Å²) in [5.74, 6) is 0.273. The number of hydrogen-bond acceptors (Lipinski definition) is 2. The number of amides is 1. The summed E-state index contributed by atoms with van der Waals surface area (Å²) in [7, 11) is 0. The van der Waals surface area contributed by atoms with Gasteiger partial charge in [-0.2, -0.15) is 0 Å². The maximum absolute atomic E-state index is 12.7. The van der Waals surface area contributed by atoms with Crippen molar-refractivity contribution in [3.63, 3.8) is 0 Å². The zero-order chi connectivity index (χ0) is 14.0. The number of anilines is 1. The number of hydrogen-bond donors (Lipinski definition) is 1. The highest BCUT2D eigenvalue weighted by atomic mass is 16.2. The molecule has 104 valence electrons. The Morgan fingerprint density at radius 2 is 1.89 bits per heavy atom. The predicted molar refractivity (Wildman–Crippen MR) is 78.5 cm³/mol. The van der Waals surface area contributed by atoms with Gasteiger partial charge < -0.3 is 10.6 Å². The average Bonchev–Trinajstić information content (AvgIpc) is 3.21. The molecule has 0 bridgehead atoms. The van der Waals surface area contributed by atoms with Gasteiger partial charge in [0.05, 0.1) is 0 Å². The third kappa shape index (κ3) is 3.28. The van der Waals surface area contributed by atoms with E-state index in [0.29, 0.717) is 12.6 Å². The molecule has 1 aliphatic carbocycles. The van der Waals surface area contributed by atoms with E-state index in [1.54, 1.807) is 0 Å². The summed E-state index contributed by atoms with van der Waals surface area (Å²) in [4.78, 5) is 14.7. The molecule has 2 rings (SSSR count). The smallest absolute Gasteiger partial charge is 0.228 e. The third-order valence-electron chi connectivity index (χ3n) is 4.04. The van der Waals surface area contributed by atoms with E-state index in [4.69, 9.17) is 5.73 Å². The van der Waals surface area contributed by atoms with Crippen molar-refractivity contribution in [3.8, 4) is 0 Å². The molecule has 3 heteroatoms. The molecule has 3 nitrogen and oxygen atoms in total. The summed E-state index contributed by atoms with van der Waals surface area (Å²) in [6, 6.07) is 8.26. The first-order chi connectivity index (χ1) is 8.94. The Hall–Kier alpha value is -1.51. The number of carbonyl (C=O) groups is 1. The highest BCUT2D eigenvalue weighted by molar-refractivity contribution is 5.82. The second-order valence-corrected chi connectivity index (χ2v) is 6.14. The minimum absolute atomic E-state index is 0.267. The number of nitrogens with two attached hydrogens (primary N) is 1. The maximum Gasteiger partial charge on any atom is 0.228 e. The van der Waals surface area contributed by atoms with Gasteiger partial charge >= 0.3 is 0 Å². The lowest BCUT2D eigenvalue weighted by Gasteiger charge is -2.31. The summed E-state index contributed by atoms with van der Waals surface area (Å²) in [6.07, 6.45) is 3.15. The normalized spacial score (nSPS) is 15.3. The minimum Gasteiger partial charge on any atom is -0.399 e. The largest absolute Gasteiger partial charge is 0.399 e. The van der Waals surface area contributed by atoms with Crippen molar-refractivity contribution in [2.24, 2.45) is 5.41 Å². The van der Waals surface area contributed by atoms with Crippen LogP contribution in [-0.4, -0.2) is 16.8 Å². The molecule has 1 saturated carbocycles. The first-order valence-corrected chi connectivity index (χ1v) is 7.09. The van der Waals surface area contributed by atoms with Crippen molar-refractivity contribution in [1.82, 2.24) is 4.90 Å². The zero-order valence-electron chi connectivity index (χ0n) is 12.1. The lowest BCUT2D eigenvalue weighted by atomic mass is 9.88. The molecule has 0 aromatic heterocycles. The van der Waals surface area contributed by atoms with Gasteiger partial charge in [-0.05, 0) is 37.0 Å². The van der Waals surface area contributed by atoms with Crippen LogP contribution in [0.5, 0.6) is 0 Å². The molecule has 1 aromatic rings. The van der Waals surface area contributed by atoms with Gasteiger partial charge in [-0.15, -0.1) is 0 Å². The van der Waals surface area contributed by atoms with Crippen LogP contribution in [0, 0.1) is 5.41 Å². The van der Waals surface area contributed by atoms with Crippen LogP contribution < -0.4 is 5.73 Å². The van der Waals surface area contributed by atoms with E-state index in [9.17, 15) is 4.79 Å². The number of benzene rings is 1. The Labute approximate surface area is 115 Å². The molecule has 2 N–H and O–H groups in total. The second kappa shape index (κ2) is 5.24. The van der Waals surface area contributed by atoms with Gasteiger partial charge in [-0.1, -0.05) is 32.9 Å². The number of nitrogen functional groups attached to an aromatic ring is 1. The van der Waals surface area contributed by atoms with Gasteiger partial charge in [0, 0.05) is 23.7 Å². The van der Waals surface area contributed by atoms with Gasteiger partial charge in [0.25, 0.3) is 0 Å². The molecule has 1 aromatic carbocycles. The highest BCUT2D eigenvalue weighted by Crippen LogP contribution is 2.33. The fourth-order valence-electron chi connectivity index (χ4n) is 2.11. The molecule has 19 heavy (non-hydrogen) atoms. The SMILES string of the molecule is CCC(C)(C)C(=O)N(Cc1ccc(N)cc1)C1CC1. The minimum atomic E-state index is -0.267. The van der Waals surface area contributed by atoms with Crippen LogP contribution in [0.15, 0.2) is 24.3 Å². The molecule has 1 fully saturated rings. The standard InChI is InChI=1S/C16H24N2O/c1-4-16(2,3)15(19)18(14-9-10-14)11-12-5-7-13(17)8-6-12/h5-8,14H,4,9-11,17H2,1-3H3. The molecule has 1 amide bonds. The molecule has 0 heterocycles. The predicted octanol–water partition coefficient (Wildman–Crippen LogP) is 3.20. The van der Waals surface area contributed by atoms with Crippen molar-refractivity contribution in [2.75, 3.05) is 5.73 Å². The molecule has 0 radical (unpaired) electrons. The fourth-order valence-corrected chi connectivity index (χ4v) is 2.11. The molecule has 0 saturated heterocycles. The molecule has 0 unspecified atom stereocenters. The van der Waals surface area contributed by atoms with Crippen LogP contribution in [0.3, 0.4) is 0 Å². The first kappa shape index (κ1) is 13.9. The summed E-state index contributed by atoms with van der Waals surface area (Å²) in [5, 5.41) is 0. The van der Waals surface area contributed by atoms with E-state index in [1.807, 2.05) is 38.1 Å². The van der Waals surface area contributed by atoms with Crippen molar-refractivity contribution in [2.45, 2.75) is 52.6 Å². The fraction of sp³-hybridized carbons (Fsp3) is 0.562. The Morgan fingerprint density at radius 1 is 1.32 bits per heavy atom. The Morgan fingerprint density at radius 3 is 2.37 bits per heavy atom.